The van der Waals surface area contributed by atoms with Gasteiger partial charge >= 0.3 is 5.97 Å². The number of aliphatic carboxylic acids is 1. The Morgan fingerprint density at radius 1 is 1.43 bits per heavy atom. The fraction of sp³-hybridized carbons (Fsp3) is 0.500. The van der Waals surface area contributed by atoms with E-state index in [1.807, 2.05) is 0 Å². The van der Waals surface area contributed by atoms with Gasteiger partial charge in [0.15, 0.2) is 0 Å². The van der Waals surface area contributed by atoms with Gasteiger partial charge in [-0.25, -0.2) is 9.97 Å². The molecule has 1 heterocycles. The van der Waals surface area contributed by atoms with Gasteiger partial charge in [-0.3, -0.25) is 4.79 Å². The molecule has 0 saturated carbocycles. The van der Waals surface area contributed by atoms with Gasteiger partial charge in [-0.15, -0.1) is 0 Å². The first-order chi connectivity index (χ1) is 6.58. The Bertz CT molecular complexity index is 306. The minimum Gasteiger partial charge on any atom is -0.481 e. The molecule has 0 atom stereocenters. The summed E-state index contributed by atoms with van der Waals surface area (Å²) in [6.45, 7) is 4.23. The van der Waals surface area contributed by atoms with Crippen LogP contribution in [0.15, 0.2) is 12.4 Å². The first-order valence-corrected chi connectivity index (χ1v) is 4.59. The lowest BCUT2D eigenvalue weighted by atomic mass is 10.1. The second-order valence-corrected chi connectivity index (χ2v) is 3.68. The zero-order valence-corrected chi connectivity index (χ0v) is 8.40. The molecular weight excluding hydrogens is 180 g/mol. The maximum atomic E-state index is 10.4. The summed E-state index contributed by atoms with van der Waals surface area (Å²) in [6.07, 6.45) is 4.21. The largest absolute Gasteiger partial charge is 0.481 e. The smallest absolute Gasteiger partial charge is 0.311 e. The second kappa shape index (κ2) is 4.69. The summed E-state index contributed by atoms with van der Waals surface area (Å²) in [4.78, 5) is 18.3. The van der Waals surface area contributed by atoms with E-state index in [0.29, 0.717) is 11.7 Å². The quantitative estimate of drug-likeness (QED) is 0.784. The number of hydrogen-bond donors (Lipinski definition) is 1. The normalized spacial score (nSPS) is 10.5. The van der Waals surface area contributed by atoms with Gasteiger partial charge in [-0.1, -0.05) is 13.8 Å². The van der Waals surface area contributed by atoms with E-state index in [1.165, 1.54) is 0 Å². The molecular formula is C10H14N2O2. The molecule has 0 unspecified atom stereocenters. The van der Waals surface area contributed by atoms with Crippen LogP contribution in [0.3, 0.4) is 0 Å². The summed E-state index contributed by atoms with van der Waals surface area (Å²) < 4.78 is 0. The Kier molecular flexibility index (Phi) is 3.56. The van der Waals surface area contributed by atoms with Crippen molar-refractivity contribution in [3.05, 3.63) is 23.8 Å². The molecule has 1 aromatic rings. The molecule has 4 heteroatoms. The molecule has 0 radical (unpaired) electrons. The van der Waals surface area contributed by atoms with E-state index in [1.54, 1.807) is 12.4 Å². The molecule has 0 aromatic carbocycles. The Labute approximate surface area is 83.0 Å². The average molecular weight is 194 g/mol. The number of rotatable bonds is 4. The summed E-state index contributed by atoms with van der Waals surface area (Å²) in [7, 11) is 0. The number of carboxylic acid groups (broad SMARTS) is 1. The molecule has 0 aliphatic carbocycles. The maximum absolute atomic E-state index is 10.4. The monoisotopic (exact) mass is 194 g/mol. The summed E-state index contributed by atoms with van der Waals surface area (Å²) in [6, 6.07) is 0. The third kappa shape index (κ3) is 3.51. The number of carbonyl (C=O) groups is 1. The van der Waals surface area contributed by atoms with Gasteiger partial charge in [0.1, 0.15) is 12.2 Å². The van der Waals surface area contributed by atoms with Crippen LogP contribution in [0.25, 0.3) is 0 Å². The van der Waals surface area contributed by atoms with Crippen LogP contribution in [0.1, 0.15) is 25.2 Å². The van der Waals surface area contributed by atoms with Gasteiger partial charge in [0.05, 0.1) is 0 Å². The van der Waals surface area contributed by atoms with E-state index in [2.05, 4.69) is 23.8 Å². The number of hydrogen-bond acceptors (Lipinski definition) is 3. The van der Waals surface area contributed by atoms with Crippen molar-refractivity contribution >= 4 is 5.97 Å². The summed E-state index contributed by atoms with van der Waals surface area (Å²) in [5.41, 5.74) is 1.05. The van der Waals surface area contributed by atoms with Crippen molar-refractivity contribution in [1.29, 1.82) is 0 Å². The van der Waals surface area contributed by atoms with Crippen LogP contribution in [0, 0.1) is 5.92 Å². The van der Waals surface area contributed by atoms with Crippen LogP contribution >= 0.6 is 0 Å². The van der Waals surface area contributed by atoms with E-state index in [-0.39, 0.29) is 6.42 Å². The third-order valence-corrected chi connectivity index (χ3v) is 1.71. The topological polar surface area (TPSA) is 63.1 Å². The Balaban J connectivity index is 2.63. The van der Waals surface area contributed by atoms with Crippen molar-refractivity contribution in [2.45, 2.75) is 26.7 Å². The number of nitrogens with zero attached hydrogens (tertiary/aromatic N) is 2. The fourth-order valence-corrected chi connectivity index (χ4v) is 1.18. The summed E-state index contributed by atoms with van der Waals surface area (Å²) in [5, 5.41) is 8.50. The lowest BCUT2D eigenvalue weighted by molar-refractivity contribution is -0.136. The molecule has 0 spiro atoms. The zero-order valence-electron chi connectivity index (χ0n) is 8.40. The molecule has 14 heavy (non-hydrogen) atoms. The molecule has 0 amide bonds. The van der Waals surface area contributed by atoms with Crippen molar-refractivity contribution in [2.75, 3.05) is 0 Å². The first kappa shape index (κ1) is 10.6. The highest BCUT2D eigenvalue weighted by Crippen LogP contribution is 2.05. The van der Waals surface area contributed by atoms with Crippen LogP contribution < -0.4 is 0 Å². The van der Waals surface area contributed by atoms with Crippen molar-refractivity contribution in [2.24, 2.45) is 5.92 Å². The number of carboxylic acids is 1. The van der Waals surface area contributed by atoms with Gasteiger partial charge in [0.2, 0.25) is 0 Å². The van der Waals surface area contributed by atoms with E-state index >= 15 is 0 Å². The molecule has 1 rings (SSSR count). The van der Waals surface area contributed by atoms with Gasteiger partial charge in [0.25, 0.3) is 0 Å². The third-order valence-electron chi connectivity index (χ3n) is 1.71. The lowest BCUT2D eigenvalue weighted by Gasteiger charge is -2.03. The van der Waals surface area contributed by atoms with E-state index in [9.17, 15) is 4.79 Å². The first-order valence-electron chi connectivity index (χ1n) is 4.59. The molecule has 0 bridgehead atoms. The van der Waals surface area contributed by atoms with Gasteiger partial charge in [0, 0.05) is 12.4 Å². The van der Waals surface area contributed by atoms with Crippen LogP contribution in [-0.2, 0) is 17.6 Å². The minimum absolute atomic E-state index is 0.109. The summed E-state index contributed by atoms with van der Waals surface area (Å²) in [5.74, 6) is 0.0236. The molecule has 76 valence electrons. The highest BCUT2D eigenvalue weighted by atomic mass is 16.4. The van der Waals surface area contributed by atoms with Crippen molar-refractivity contribution < 1.29 is 9.90 Å². The Morgan fingerprint density at radius 3 is 2.43 bits per heavy atom. The molecule has 1 N–H and O–H groups in total. The number of aromatic nitrogens is 2. The second-order valence-electron chi connectivity index (χ2n) is 3.68. The zero-order chi connectivity index (χ0) is 10.6. The maximum Gasteiger partial charge on any atom is 0.311 e. The highest BCUT2D eigenvalue weighted by Gasteiger charge is 2.04. The standard InChI is InChI=1S/C10H14N2O2/c1-7(2)3-8-5-11-9(12-6-8)4-10(13)14/h5-7H,3-4H2,1-2H3,(H,13,14). The van der Waals surface area contributed by atoms with E-state index in [0.717, 1.165) is 12.0 Å². The molecule has 0 aliphatic rings. The minimum atomic E-state index is -0.901. The van der Waals surface area contributed by atoms with Gasteiger partial charge in [-0.05, 0) is 17.9 Å². The van der Waals surface area contributed by atoms with Crippen molar-refractivity contribution in [3.63, 3.8) is 0 Å². The molecule has 1 aromatic heterocycles. The lowest BCUT2D eigenvalue weighted by Crippen LogP contribution is -2.05. The summed E-state index contributed by atoms with van der Waals surface area (Å²) >= 11 is 0. The van der Waals surface area contributed by atoms with E-state index < -0.39 is 5.97 Å². The van der Waals surface area contributed by atoms with Crippen LogP contribution in [0.2, 0.25) is 0 Å². The van der Waals surface area contributed by atoms with Crippen LogP contribution in [0.5, 0.6) is 0 Å². The van der Waals surface area contributed by atoms with Crippen LogP contribution in [-0.4, -0.2) is 21.0 Å². The van der Waals surface area contributed by atoms with Crippen molar-refractivity contribution in [1.82, 2.24) is 9.97 Å². The van der Waals surface area contributed by atoms with E-state index in [4.69, 9.17) is 5.11 Å². The molecule has 0 fully saturated rings. The SMILES string of the molecule is CC(C)Cc1cnc(CC(=O)O)nc1. The van der Waals surface area contributed by atoms with Crippen molar-refractivity contribution in [3.8, 4) is 0 Å². The molecule has 4 nitrogen and oxygen atoms in total. The Hall–Kier alpha value is -1.45. The van der Waals surface area contributed by atoms with Gasteiger partial charge < -0.3 is 5.11 Å². The predicted octanol–water partition coefficient (Wildman–Crippen LogP) is 1.30. The van der Waals surface area contributed by atoms with Crippen LogP contribution in [0.4, 0.5) is 0 Å². The highest BCUT2D eigenvalue weighted by molar-refractivity contribution is 5.68. The predicted molar refractivity (Wildman–Crippen MR) is 51.9 cm³/mol. The Morgan fingerprint density at radius 2 is 2.00 bits per heavy atom. The fourth-order valence-electron chi connectivity index (χ4n) is 1.18. The molecule has 0 saturated heterocycles. The average Bonchev–Trinajstić information content (AvgIpc) is 2.06. The van der Waals surface area contributed by atoms with Gasteiger partial charge in [-0.2, -0.15) is 0 Å². The molecule has 0 aliphatic heterocycles.